The average molecular weight is 305 g/mol. The van der Waals surface area contributed by atoms with Crippen LogP contribution in [0.3, 0.4) is 0 Å². The molecule has 0 saturated heterocycles. The predicted molar refractivity (Wildman–Crippen MR) is 64.9 cm³/mol. The van der Waals surface area contributed by atoms with E-state index in [9.17, 15) is 0 Å². The van der Waals surface area contributed by atoms with E-state index >= 15 is 0 Å². The van der Waals surface area contributed by atoms with Gasteiger partial charge in [0.05, 0.1) is 19.9 Å². The van der Waals surface area contributed by atoms with Crippen molar-refractivity contribution in [1.82, 2.24) is 0 Å². The fraction of sp³-hybridized carbons (Fsp3) is 0.111. The molecule has 0 fully saturated rings. The summed E-state index contributed by atoms with van der Waals surface area (Å²) < 4.78 is 2.30. The van der Waals surface area contributed by atoms with Crippen molar-refractivity contribution < 1.29 is 5.11 Å². The van der Waals surface area contributed by atoms with Crippen LogP contribution in [0.25, 0.3) is 10.1 Å². The zero-order valence-electron chi connectivity index (χ0n) is 6.75. The summed E-state index contributed by atoms with van der Waals surface area (Å²) in [6.07, 6.45) is 0. The first-order chi connectivity index (χ1) is 6.22. The lowest BCUT2D eigenvalue weighted by atomic mass is 10.1. The van der Waals surface area contributed by atoms with Crippen LogP contribution in [-0.4, -0.2) is 5.11 Å². The third-order valence-electron chi connectivity index (χ3n) is 1.96. The topological polar surface area (TPSA) is 46.2 Å². The predicted octanol–water partition coefficient (Wildman–Crippen LogP) is 2.58. The lowest BCUT2D eigenvalue weighted by Crippen LogP contribution is -1.93. The number of nitrogen functional groups attached to an aromatic ring is 1. The Morgan fingerprint density at radius 2 is 2.23 bits per heavy atom. The van der Waals surface area contributed by atoms with E-state index in [1.165, 1.54) is 2.88 Å². The largest absolute Gasteiger partial charge is 0.397 e. The van der Waals surface area contributed by atoms with Gasteiger partial charge in [-0.1, -0.05) is 12.1 Å². The minimum absolute atomic E-state index is 0.0102. The molecule has 0 aliphatic heterocycles. The third-order valence-corrected chi connectivity index (χ3v) is 3.90. The summed E-state index contributed by atoms with van der Waals surface area (Å²) in [6.45, 7) is 0.0102. The molecule has 13 heavy (non-hydrogen) atoms. The second-order valence-electron chi connectivity index (χ2n) is 2.77. The van der Waals surface area contributed by atoms with Crippen LogP contribution in [0.1, 0.15) is 5.56 Å². The van der Waals surface area contributed by atoms with Crippen LogP contribution in [0.2, 0.25) is 0 Å². The Balaban J connectivity index is 2.78. The average Bonchev–Trinajstić information content (AvgIpc) is 2.47. The van der Waals surface area contributed by atoms with Crippen LogP contribution < -0.4 is 5.73 Å². The maximum atomic E-state index is 9.01. The van der Waals surface area contributed by atoms with Gasteiger partial charge in [-0.2, -0.15) is 0 Å². The highest BCUT2D eigenvalue weighted by atomic mass is 127. The molecule has 1 heterocycles. The van der Waals surface area contributed by atoms with Gasteiger partial charge in [-0.05, 0) is 34.0 Å². The molecule has 0 unspecified atom stereocenters. The van der Waals surface area contributed by atoms with E-state index in [1.54, 1.807) is 11.3 Å². The first-order valence-electron chi connectivity index (χ1n) is 3.79. The molecule has 0 aliphatic rings. The minimum atomic E-state index is 0.0102. The summed E-state index contributed by atoms with van der Waals surface area (Å²) >= 11 is 3.93. The zero-order valence-corrected chi connectivity index (χ0v) is 9.72. The summed E-state index contributed by atoms with van der Waals surface area (Å²) in [6, 6.07) is 5.97. The zero-order chi connectivity index (χ0) is 9.42. The van der Waals surface area contributed by atoms with Crippen LogP contribution in [0.4, 0.5) is 5.69 Å². The van der Waals surface area contributed by atoms with Crippen LogP contribution in [0.15, 0.2) is 18.2 Å². The van der Waals surface area contributed by atoms with Gasteiger partial charge in [0.1, 0.15) is 0 Å². The molecule has 2 nitrogen and oxygen atoms in total. The van der Waals surface area contributed by atoms with Crippen molar-refractivity contribution in [1.29, 1.82) is 0 Å². The standard InChI is InChI=1S/C9H8INOS/c10-7-3-5-1-2-6(4-12)8(11)9(5)13-7/h1-3,12H,4,11H2. The van der Waals surface area contributed by atoms with Gasteiger partial charge in [-0.3, -0.25) is 0 Å². The second kappa shape index (κ2) is 3.43. The van der Waals surface area contributed by atoms with Crippen molar-refractivity contribution in [2.45, 2.75) is 6.61 Å². The van der Waals surface area contributed by atoms with E-state index in [0.717, 1.165) is 15.6 Å². The van der Waals surface area contributed by atoms with Gasteiger partial charge in [-0.15, -0.1) is 11.3 Å². The van der Waals surface area contributed by atoms with Crippen LogP contribution >= 0.6 is 33.9 Å². The first kappa shape index (κ1) is 9.23. The molecule has 68 valence electrons. The minimum Gasteiger partial charge on any atom is -0.397 e. The van der Waals surface area contributed by atoms with Gasteiger partial charge >= 0.3 is 0 Å². The Hall–Kier alpha value is -0.330. The van der Waals surface area contributed by atoms with Gasteiger partial charge in [0, 0.05) is 5.56 Å². The molecule has 0 saturated carbocycles. The van der Waals surface area contributed by atoms with Crippen molar-refractivity contribution in [2.75, 3.05) is 5.73 Å². The van der Waals surface area contributed by atoms with Crippen molar-refractivity contribution >= 4 is 49.7 Å². The fourth-order valence-electron chi connectivity index (χ4n) is 1.27. The van der Waals surface area contributed by atoms with Crippen LogP contribution in [0.5, 0.6) is 0 Å². The SMILES string of the molecule is Nc1c(CO)ccc2cc(I)sc12. The number of anilines is 1. The molecule has 0 radical (unpaired) electrons. The molecule has 2 aromatic rings. The number of benzene rings is 1. The molecule has 0 amide bonds. The molecule has 1 aromatic heterocycles. The maximum absolute atomic E-state index is 9.01. The Morgan fingerprint density at radius 1 is 1.46 bits per heavy atom. The molecule has 3 N–H and O–H groups in total. The van der Waals surface area contributed by atoms with E-state index in [0.29, 0.717) is 5.69 Å². The van der Waals surface area contributed by atoms with E-state index in [-0.39, 0.29) is 6.61 Å². The summed E-state index contributed by atoms with van der Waals surface area (Å²) in [4.78, 5) is 0. The highest BCUT2D eigenvalue weighted by Gasteiger charge is 2.06. The lowest BCUT2D eigenvalue weighted by molar-refractivity contribution is 0.282. The molecular formula is C9H8INOS. The highest BCUT2D eigenvalue weighted by Crippen LogP contribution is 2.33. The summed E-state index contributed by atoms with van der Waals surface area (Å²) in [7, 11) is 0. The number of halogens is 1. The molecule has 4 heteroatoms. The van der Waals surface area contributed by atoms with Crippen molar-refractivity contribution in [3.8, 4) is 0 Å². The van der Waals surface area contributed by atoms with Crippen molar-refractivity contribution in [3.05, 3.63) is 26.6 Å². The van der Waals surface area contributed by atoms with Crippen molar-refractivity contribution in [3.63, 3.8) is 0 Å². The molecule has 0 spiro atoms. The quantitative estimate of drug-likeness (QED) is 0.628. The Morgan fingerprint density at radius 3 is 2.92 bits per heavy atom. The van der Waals surface area contributed by atoms with Gasteiger partial charge in [0.15, 0.2) is 0 Å². The van der Waals surface area contributed by atoms with Crippen molar-refractivity contribution in [2.24, 2.45) is 0 Å². The van der Waals surface area contributed by atoms with Gasteiger partial charge in [0.25, 0.3) is 0 Å². The number of aliphatic hydroxyl groups is 1. The number of aliphatic hydroxyl groups excluding tert-OH is 1. The van der Waals surface area contributed by atoms with E-state index in [1.807, 2.05) is 12.1 Å². The van der Waals surface area contributed by atoms with Gasteiger partial charge in [0.2, 0.25) is 0 Å². The molecular weight excluding hydrogens is 297 g/mol. The molecule has 0 aliphatic carbocycles. The maximum Gasteiger partial charge on any atom is 0.0702 e. The second-order valence-corrected chi connectivity index (χ2v) is 5.71. The van der Waals surface area contributed by atoms with Crippen LogP contribution in [-0.2, 0) is 6.61 Å². The molecule has 2 rings (SSSR count). The van der Waals surface area contributed by atoms with E-state index in [2.05, 4.69) is 28.7 Å². The van der Waals surface area contributed by atoms with E-state index in [4.69, 9.17) is 10.8 Å². The van der Waals surface area contributed by atoms with Gasteiger partial charge < -0.3 is 10.8 Å². The monoisotopic (exact) mass is 305 g/mol. The lowest BCUT2D eigenvalue weighted by Gasteiger charge is -2.01. The summed E-state index contributed by atoms with van der Waals surface area (Å²) in [5.74, 6) is 0. The first-order valence-corrected chi connectivity index (χ1v) is 5.69. The number of rotatable bonds is 1. The Kier molecular flexibility index (Phi) is 2.44. The number of hydrogen-bond acceptors (Lipinski definition) is 3. The summed E-state index contributed by atoms with van der Waals surface area (Å²) in [5.41, 5.74) is 7.42. The number of hydrogen-bond donors (Lipinski definition) is 2. The summed E-state index contributed by atoms with van der Waals surface area (Å²) in [5, 5.41) is 10.2. The molecule has 1 aromatic carbocycles. The third kappa shape index (κ3) is 1.53. The number of fused-ring (bicyclic) bond motifs is 1. The number of nitrogens with two attached hydrogens (primary N) is 1. The molecule has 0 bridgehead atoms. The Labute approximate surface area is 93.5 Å². The fourth-order valence-corrected chi connectivity index (χ4v) is 3.13. The van der Waals surface area contributed by atoms with Gasteiger partial charge in [-0.25, -0.2) is 0 Å². The van der Waals surface area contributed by atoms with E-state index < -0.39 is 0 Å². The normalized spacial score (nSPS) is 10.9. The highest BCUT2D eigenvalue weighted by molar-refractivity contribution is 14.1. The van der Waals surface area contributed by atoms with Crippen LogP contribution in [0, 0.1) is 2.88 Å². The molecule has 0 atom stereocenters. The smallest absolute Gasteiger partial charge is 0.0702 e. The number of thiophene rings is 1. The Bertz CT molecular complexity index is 452.